The van der Waals surface area contributed by atoms with E-state index >= 15 is 0 Å². The van der Waals surface area contributed by atoms with Crippen LogP contribution in [0.2, 0.25) is 0 Å². The van der Waals surface area contributed by atoms with Crippen molar-refractivity contribution in [3.63, 3.8) is 0 Å². The minimum absolute atomic E-state index is 0.251. The number of hydrogen-bond acceptors (Lipinski definition) is 7. The molecule has 2 aromatic carbocycles. The molecule has 0 aliphatic heterocycles. The van der Waals surface area contributed by atoms with Crippen LogP contribution in [0, 0.1) is 3.57 Å². The molecule has 0 aliphatic carbocycles. The van der Waals surface area contributed by atoms with Gasteiger partial charge < -0.3 is 14.2 Å². The predicted molar refractivity (Wildman–Crippen MR) is 139 cm³/mol. The zero-order valence-corrected chi connectivity index (χ0v) is 22.3. The van der Waals surface area contributed by atoms with Gasteiger partial charge in [0.2, 0.25) is 0 Å². The van der Waals surface area contributed by atoms with Crippen LogP contribution in [-0.2, 0) is 16.0 Å². The number of aromatic nitrogens is 2. The number of hydrogen-bond donors (Lipinski definition) is 0. The monoisotopic (exact) mass is 627 g/mol. The number of benzene rings is 2. The first-order chi connectivity index (χ1) is 15.8. The number of nitrogens with zero attached hydrogens (tertiary/aromatic N) is 3. The third-order valence-corrected chi connectivity index (χ3v) is 5.97. The van der Waals surface area contributed by atoms with Gasteiger partial charge in [0.05, 0.1) is 34.4 Å². The van der Waals surface area contributed by atoms with E-state index in [4.69, 9.17) is 14.2 Å². The van der Waals surface area contributed by atoms with E-state index in [1.54, 1.807) is 38.3 Å². The number of halogens is 2. The molecule has 0 N–H and O–H groups in total. The Morgan fingerprint density at radius 3 is 2.73 bits per heavy atom. The maximum Gasteiger partial charge on any atom is 0.347 e. The molecule has 33 heavy (non-hydrogen) atoms. The van der Waals surface area contributed by atoms with E-state index in [0.717, 1.165) is 4.47 Å². The van der Waals surface area contributed by atoms with Crippen LogP contribution in [0.5, 0.6) is 11.5 Å². The summed E-state index contributed by atoms with van der Waals surface area (Å²) in [5.74, 6) is 0.960. The quantitative estimate of drug-likeness (QED) is 0.207. The van der Waals surface area contributed by atoms with E-state index < -0.39 is 12.1 Å². The summed E-state index contributed by atoms with van der Waals surface area (Å²) < 4.78 is 19.1. The maximum absolute atomic E-state index is 13.1. The Kier molecular flexibility index (Phi) is 8.46. The third-order valence-electron chi connectivity index (χ3n) is 4.68. The van der Waals surface area contributed by atoms with Crippen molar-refractivity contribution in [1.82, 2.24) is 9.66 Å². The van der Waals surface area contributed by atoms with Gasteiger partial charge in [0.1, 0.15) is 5.82 Å². The molecule has 0 radical (unpaired) electrons. The van der Waals surface area contributed by atoms with E-state index in [2.05, 4.69) is 48.6 Å². The average molecular weight is 628 g/mol. The summed E-state index contributed by atoms with van der Waals surface area (Å²) in [4.78, 5) is 29.6. The molecule has 10 heteroatoms. The number of rotatable bonds is 8. The third kappa shape index (κ3) is 5.72. The number of esters is 1. The highest BCUT2D eigenvalue weighted by Crippen LogP contribution is 2.34. The van der Waals surface area contributed by atoms with Gasteiger partial charge in [-0.15, -0.1) is 0 Å². The first-order valence-corrected chi connectivity index (χ1v) is 12.1. The Labute approximate surface area is 213 Å². The summed E-state index contributed by atoms with van der Waals surface area (Å²) in [7, 11) is 1.51. The fourth-order valence-electron chi connectivity index (χ4n) is 3.08. The molecule has 174 valence electrons. The van der Waals surface area contributed by atoms with E-state index in [9.17, 15) is 9.59 Å². The second kappa shape index (κ2) is 11.1. The van der Waals surface area contributed by atoms with Crippen molar-refractivity contribution in [2.45, 2.75) is 33.3 Å². The normalized spacial score (nSPS) is 12.2. The predicted octanol–water partition coefficient (Wildman–Crippen LogP) is 4.55. The van der Waals surface area contributed by atoms with Crippen LogP contribution in [0.15, 0.2) is 44.7 Å². The molecule has 1 atom stereocenters. The molecule has 3 aromatic rings. The Morgan fingerprint density at radius 1 is 1.30 bits per heavy atom. The molecule has 0 fully saturated rings. The highest BCUT2D eigenvalue weighted by atomic mass is 127. The lowest BCUT2D eigenvalue weighted by molar-refractivity contribution is -0.150. The molecule has 0 saturated heterocycles. The summed E-state index contributed by atoms with van der Waals surface area (Å²) in [6.45, 7) is 5.55. The van der Waals surface area contributed by atoms with Crippen molar-refractivity contribution in [3.8, 4) is 11.5 Å². The summed E-state index contributed by atoms with van der Waals surface area (Å²) in [6, 6.07) is 8.93. The lowest BCUT2D eigenvalue weighted by Crippen LogP contribution is -2.26. The molecular formula is C23H23BrIN3O5. The van der Waals surface area contributed by atoms with E-state index in [0.29, 0.717) is 43.8 Å². The molecular weight excluding hydrogens is 605 g/mol. The van der Waals surface area contributed by atoms with E-state index in [1.807, 2.05) is 19.1 Å². The largest absolute Gasteiger partial charge is 0.493 e. The minimum Gasteiger partial charge on any atom is -0.493 e. The van der Waals surface area contributed by atoms with Gasteiger partial charge in [-0.1, -0.05) is 22.9 Å². The molecule has 0 bridgehead atoms. The molecule has 1 aromatic heterocycles. The van der Waals surface area contributed by atoms with Gasteiger partial charge in [-0.2, -0.15) is 9.78 Å². The van der Waals surface area contributed by atoms with Crippen LogP contribution < -0.4 is 15.0 Å². The molecule has 0 unspecified atom stereocenters. The Hall–Kier alpha value is -2.47. The van der Waals surface area contributed by atoms with Gasteiger partial charge >= 0.3 is 5.97 Å². The Morgan fingerprint density at radius 2 is 2.06 bits per heavy atom. The lowest BCUT2D eigenvalue weighted by Gasteiger charge is -2.17. The molecule has 3 rings (SSSR count). The van der Waals surface area contributed by atoms with Crippen molar-refractivity contribution >= 4 is 61.6 Å². The zero-order chi connectivity index (χ0) is 24.1. The van der Waals surface area contributed by atoms with Gasteiger partial charge in [-0.25, -0.2) is 9.78 Å². The second-order valence-corrected chi connectivity index (χ2v) is 9.03. The topological polar surface area (TPSA) is 92.0 Å². The highest BCUT2D eigenvalue weighted by Gasteiger charge is 2.20. The second-order valence-electron chi connectivity index (χ2n) is 6.95. The molecule has 0 saturated carbocycles. The van der Waals surface area contributed by atoms with Crippen LogP contribution in [0.1, 0.15) is 32.2 Å². The van der Waals surface area contributed by atoms with Gasteiger partial charge in [0, 0.05) is 10.9 Å². The highest BCUT2D eigenvalue weighted by molar-refractivity contribution is 14.1. The van der Waals surface area contributed by atoms with Crippen molar-refractivity contribution in [2.24, 2.45) is 5.10 Å². The number of aryl methyl sites for hydroxylation is 1. The van der Waals surface area contributed by atoms with Crippen molar-refractivity contribution in [2.75, 3.05) is 13.7 Å². The van der Waals surface area contributed by atoms with Crippen molar-refractivity contribution in [1.29, 1.82) is 0 Å². The first kappa shape index (κ1) is 25.2. The van der Waals surface area contributed by atoms with Crippen molar-refractivity contribution in [3.05, 3.63) is 60.1 Å². The number of carbonyl (C=O) groups is 1. The molecule has 0 aliphatic rings. The summed E-state index contributed by atoms with van der Waals surface area (Å²) in [6.07, 6.45) is 1.31. The van der Waals surface area contributed by atoms with E-state index in [-0.39, 0.29) is 12.2 Å². The zero-order valence-electron chi connectivity index (χ0n) is 18.6. The standard InChI is InChI=1S/C23H23BrIN3O5/c1-5-20-27-18-8-7-15(24)11-16(18)22(29)28(20)26-12-14-9-17(25)21(19(10-14)31-4)33-13(3)23(30)32-6-2/h7-13H,5-6H2,1-4H3/t13-/m0/s1. The summed E-state index contributed by atoms with van der Waals surface area (Å²) in [5, 5.41) is 4.89. The van der Waals surface area contributed by atoms with Gasteiger partial charge in [-0.3, -0.25) is 4.79 Å². The average Bonchev–Trinajstić information content (AvgIpc) is 2.80. The molecule has 1 heterocycles. The van der Waals surface area contributed by atoms with Gasteiger partial charge in [0.15, 0.2) is 17.6 Å². The Bertz CT molecular complexity index is 1280. The number of carbonyl (C=O) groups excluding carboxylic acids is 1. The van der Waals surface area contributed by atoms with Crippen LogP contribution in [-0.4, -0.2) is 41.7 Å². The number of ether oxygens (including phenoxy) is 3. The Balaban J connectivity index is 1.98. The van der Waals surface area contributed by atoms with E-state index in [1.165, 1.54) is 11.8 Å². The molecule has 0 amide bonds. The van der Waals surface area contributed by atoms with Crippen LogP contribution in [0.25, 0.3) is 10.9 Å². The minimum atomic E-state index is -0.791. The van der Waals surface area contributed by atoms with Gasteiger partial charge in [0.25, 0.3) is 5.56 Å². The van der Waals surface area contributed by atoms with Crippen molar-refractivity contribution < 1.29 is 19.0 Å². The fraction of sp³-hybridized carbons (Fsp3) is 0.304. The lowest BCUT2D eigenvalue weighted by atomic mass is 10.2. The summed E-state index contributed by atoms with van der Waals surface area (Å²) >= 11 is 5.50. The fourth-order valence-corrected chi connectivity index (χ4v) is 4.19. The van der Waals surface area contributed by atoms with Crippen LogP contribution >= 0.6 is 38.5 Å². The maximum atomic E-state index is 13.1. The SMILES string of the molecule is CCOC(=O)[C@H](C)Oc1c(I)cc(C=Nn2c(CC)nc3ccc(Br)cc3c2=O)cc1OC. The number of fused-ring (bicyclic) bond motifs is 1. The van der Waals surface area contributed by atoms with Crippen LogP contribution in [0.3, 0.4) is 0 Å². The van der Waals surface area contributed by atoms with Gasteiger partial charge in [-0.05, 0) is 72.3 Å². The summed E-state index contributed by atoms with van der Waals surface area (Å²) in [5.41, 5.74) is 1.06. The molecule has 0 spiro atoms. The molecule has 8 nitrogen and oxygen atoms in total. The number of methoxy groups -OCH3 is 1. The first-order valence-electron chi connectivity index (χ1n) is 10.2. The van der Waals surface area contributed by atoms with Crippen LogP contribution in [0.4, 0.5) is 0 Å². The smallest absolute Gasteiger partial charge is 0.347 e.